The minimum Gasteiger partial charge on any atom is -0.494 e. The van der Waals surface area contributed by atoms with Gasteiger partial charge in [0.25, 0.3) is 15.9 Å². The molecule has 1 heterocycles. The van der Waals surface area contributed by atoms with Crippen LogP contribution in [-0.4, -0.2) is 38.7 Å². The van der Waals surface area contributed by atoms with E-state index in [0.29, 0.717) is 28.8 Å². The van der Waals surface area contributed by atoms with Crippen molar-refractivity contribution in [2.24, 2.45) is 5.10 Å². The molecule has 1 N–H and O–H groups in total. The number of halogens is 1. The Morgan fingerprint density at radius 2 is 1.84 bits per heavy atom. The third kappa shape index (κ3) is 6.05. The maximum Gasteiger partial charge on any atom is 0.264 e. The van der Waals surface area contributed by atoms with E-state index in [1.54, 1.807) is 48.7 Å². The van der Waals surface area contributed by atoms with Gasteiger partial charge in [0.15, 0.2) is 0 Å². The van der Waals surface area contributed by atoms with Gasteiger partial charge in [-0.15, -0.1) is 0 Å². The minimum atomic E-state index is -4.06. The topological polar surface area (TPSA) is 101 Å². The molecule has 0 aliphatic heterocycles. The second kappa shape index (κ2) is 10.7. The molecule has 0 bridgehead atoms. The lowest BCUT2D eigenvalue weighted by atomic mass is 10.3. The zero-order valence-corrected chi connectivity index (χ0v) is 18.8. The van der Waals surface area contributed by atoms with E-state index in [4.69, 9.17) is 16.3 Å². The fraction of sp³-hybridized carbons (Fsp3) is 0.136. The number of pyridine rings is 1. The van der Waals surface area contributed by atoms with E-state index in [0.717, 1.165) is 4.31 Å². The van der Waals surface area contributed by atoms with E-state index < -0.39 is 22.5 Å². The predicted molar refractivity (Wildman–Crippen MR) is 124 cm³/mol. The molecule has 3 rings (SSSR count). The summed E-state index contributed by atoms with van der Waals surface area (Å²) in [5.41, 5.74) is 3.18. The van der Waals surface area contributed by atoms with E-state index in [-0.39, 0.29) is 4.90 Å². The summed E-state index contributed by atoms with van der Waals surface area (Å²) in [7, 11) is -4.06. The number of hydrogen-bond acceptors (Lipinski definition) is 6. The summed E-state index contributed by atoms with van der Waals surface area (Å²) in [6.45, 7) is 1.84. The van der Waals surface area contributed by atoms with Crippen LogP contribution in [-0.2, 0) is 14.8 Å². The zero-order chi connectivity index (χ0) is 23.0. The average molecular weight is 473 g/mol. The number of carbonyl (C=O) groups excluding carboxylic acids is 1. The fourth-order valence-corrected chi connectivity index (χ4v) is 4.26. The first kappa shape index (κ1) is 23.2. The number of amides is 1. The molecule has 0 fully saturated rings. The molecule has 10 heteroatoms. The van der Waals surface area contributed by atoms with Crippen LogP contribution in [0, 0.1) is 0 Å². The molecular weight excluding hydrogens is 452 g/mol. The van der Waals surface area contributed by atoms with Crippen molar-refractivity contribution in [2.75, 3.05) is 17.5 Å². The Morgan fingerprint density at radius 3 is 2.47 bits per heavy atom. The van der Waals surface area contributed by atoms with Gasteiger partial charge in [-0.2, -0.15) is 5.10 Å². The molecule has 1 amide bonds. The third-order valence-electron chi connectivity index (χ3n) is 4.20. The molecular formula is C22H21ClN4O4S. The molecule has 0 aliphatic carbocycles. The van der Waals surface area contributed by atoms with Crippen LogP contribution >= 0.6 is 11.6 Å². The highest BCUT2D eigenvalue weighted by molar-refractivity contribution is 7.92. The Morgan fingerprint density at radius 1 is 1.12 bits per heavy atom. The van der Waals surface area contributed by atoms with Gasteiger partial charge in [-0.25, -0.2) is 13.8 Å². The molecule has 1 aromatic heterocycles. The minimum absolute atomic E-state index is 0.000529. The molecule has 0 aliphatic rings. The van der Waals surface area contributed by atoms with E-state index in [9.17, 15) is 13.2 Å². The highest BCUT2D eigenvalue weighted by Gasteiger charge is 2.27. The van der Waals surface area contributed by atoms with Gasteiger partial charge in [-0.3, -0.25) is 14.1 Å². The largest absolute Gasteiger partial charge is 0.494 e. The number of carbonyl (C=O) groups is 1. The quantitative estimate of drug-likeness (QED) is 0.379. The van der Waals surface area contributed by atoms with Gasteiger partial charge < -0.3 is 4.74 Å². The van der Waals surface area contributed by atoms with Gasteiger partial charge in [-0.05, 0) is 67.6 Å². The van der Waals surface area contributed by atoms with Crippen LogP contribution in [0.3, 0.4) is 0 Å². The maximum atomic E-state index is 13.3. The molecule has 3 aromatic rings. The van der Waals surface area contributed by atoms with Crippen molar-refractivity contribution < 1.29 is 17.9 Å². The van der Waals surface area contributed by atoms with Crippen molar-refractivity contribution in [1.29, 1.82) is 0 Å². The number of ether oxygens (including phenoxy) is 1. The number of hydrogen-bond donors (Lipinski definition) is 1. The summed E-state index contributed by atoms with van der Waals surface area (Å²) in [5, 5.41) is 4.25. The van der Waals surface area contributed by atoms with E-state index in [1.165, 1.54) is 30.5 Å². The molecule has 2 aromatic carbocycles. The van der Waals surface area contributed by atoms with Gasteiger partial charge in [-0.1, -0.05) is 17.7 Å². The summed E-state index contributed by atoms with van der Waals surface area (Å²) in [6.07, 6.45) is 2.96. The summed E-state index contributed by atoms with van der Waals surface area (Å²) in [6, 6.07) is 17.4. The predicted octanol–water partition coefficient (Wildman–Crippen LogP) is 3.48. The van der Waals surface area contributed by atoms with Crippen molar-refractivity contribution in [1.82, 2.24) is 10.4 Å². The Hall–Kier alpha value is -3.43. The summed E-state index contributed by atoms with van der Waals surface area (Å²) in [4.78, 5) is 16.6. The number of hydrazone groups is 1. The number of aromatic nitrogens is 1. The third-order valence-corrected chi connectivity index (χ3v) is 6.24. The molecule has 0 unspecified atom stereocenters. The zero-order valence-electron chi connectivity index (χ0n) is 17.2. The lowest BCUT2D eigenvalue weighted by Crippen LogP contribution is -2.39. The molecule has 0 saturated heterocycles. The summed E-state index contributed by atoms with van der Waals surface area (Å²) < 4.78 is 33.0. The molecule has 0 atom stereocenters. The maximum absolute atomic E-state index is 13.3. The molecule has 8 nitrogen and oxygen atoms in total. The van der Waals surface area contributed by atoms with E-state index >= 15 is 0 Å². The number of nitrogens with one attached hydrogen (secondary N) is 1. The van der Waals surface area contributed by atoms with E-state index in [1.807, 2.05) is 6.92 Å². The number of sulfonamides is 1. The lowest BCUT2D eigenvalue weighted by Gasteiger charge is -2.24. The van der Waals surface area contributed by atoms with Gasteiger partial charge in [0.05, 0.1) is 29.1 Å². The second-order valence-corrected chi connectivity index (χ2v) is 8.74. The summed E-state index contributed by atoms with van der Waals surface area (Å²) in [5.74, 6) is -0.0342. The molecule has 0 spiro atoms. The van der Waals surface area contributed by atoms with Gasteiger partial charge in [0.2, 0.25) is 0 Å². The number of benzene rings is 2. The smallest absolute Gasteiger partial charge is 0.264 e. The Labute approximate surface area is 191 Å². The molecule has 32 heavy (non-hydrogen) atoms. The Kier molecular flexibility index (Phi) is 7.80. The van der Waals surface area contributed by atoms with Crippen LogP contribution in [0.4, 0.5) is 5.69 Å². The Balaban J connectivity index is 1.85. The number of anilines is 1. The highest BCUT2D eigenvalue weighted by Crippen LogP contribution is 2.26. The standard InChI is InChI=1S/C22H21ClN4O4S/c1-2-31-20-10-8-19(9-11-20)27(32(29,30)21-12-6-17(23)7-13-21)16-22(28)26-25-15-18-5-3-4-14-24-18/h3-15H,2,16H2,1H3,(H,26,28)/b25-15-. The van der Waals surface area contributed by atoms with Crippen LogP contribution in [0.25, 0.3) is 0 Å². The van der Waals surface area contributed by atoms with Gasteiger partial charge in [0.1, 0.15) is 12.3 Å². The van der Waals surface area contributed by atoms with Gasteiger partial charge >= 0.3 is 0 Å². The van der Waals surface area contributed by atoms with Crippen LogP contribution in [0.1, 0.15) is 12.6 Å². The van der Waals surface area contributed by atoms with Gasteiger partial charge in [0, 0.05) is 11.2 Å². The molecule has 0 radical (unpaired) electrons. The van der Waals surface area contributed by atoms with Crippen LogP contribution in [0.15, 0.2) is 82.9 Å². The van der Waals surface area contributed by atoms with Crippen molar-refractivity contribution in [3.63, 3.8) is 0 Å². The number of nitrogens with zero attached hydrogens (tertiary/aromatic N) is 3. The number of rotatable bonds is 9. The first-order chi connectivity index (χ1) is 15.4. The average Bonchev–Trinajstić information content (AvgIpc) is 2.79. The summed E-state index contributed by atoms with van der Waals surface area (Å²) >= 11 is 5.89. The van der Waals surface area contributed by atoms with Crippen molar-refractivity contribution in [3.05, 3.63) is 83.6 Å². The lowest BCUT2D eigenvalue weighted by molar-refractivity contribution is -0.119. The normalized spacial score (nSPS) is 11.3. The highest BCUT2D eigenvalue weighted by atomic mass is 35.5. The monoisotopic (exact) mass is 472 g/mol. The Bertz CT molecular complexity index is 1170. The van der Waals surface area contributed by atoms with Crippen LogP contribution < -0.4 is 14.5 Å². The molecule has 0 saturated carbocycles. The first-order valence-electron chi connectivity index (χ1n) is 9.64. The van der Waals surface area contributed by atoms with Crippen molar-refractivity contribution >= 4 is 39.4 Å². The second-order valence-electron chi connectivity index (χ2n) is 6.44. The van der Waals surface area contributed by atoms with Crippen LogP contribution in [0.2, 0.25) is 5.02 Å². The molecule has 166 valence electrons. The van der Waals surface area contributed by atoms with Crippen LogP contribution in [0.5, 0.6) is 5.75 Å². The first-order valence-corrected chi connectivity index (χ1v) is 11.5. The van der Waals surface area contributed by atoms with Crippen molar-refractivity contribution in [2.45, 2.75) is 11.8 Å². The SMILES string of the molecule is CCOc1ccc(N(CC(=O)N/N=C\c2ccccn2)S(=O)(=O)c2ccc(Cl)cc2)cc1. The fourth-order valence-electron chi connectivity index (χ4n) is 2.71. The van der Waals surface area contributed by atoms with Crippen molar-refractivity contribution in [3.8, 4) is 5.75 Å². The van der Waals surface area contributed by atoms with E-state index in [2.05, 4.69) is 15.5 Å².